The number of hydrogen-bond acceptors (Lipinski definition) is 4. The number of aromatic nitrogens is 2. The fourth-order valence-electron chi connectivity index (χ4n) is 3.60. The minimum absolute atomic E-state index is 0. The highest BCUT2D eigenvalue weighted by molar-refractivity contribution is 14.0. The number of nitrogens with zero attached hydrogens (tertiary/aromatic N) is 3. The topological polar surface area (TPSA) is 77.6 Å². The second-order valence-electron chi connectivity index (χ2n) is 7.65. The van der Waals surface area contributed by atoms with E-state index in [0.717, 1.165) is 62.4 Å². The molecule has 0 aliphatic carbocycles. The Kier molecular flexibility index (Phi) is 10.6. The number of hydrogen-bond donors (Lipinski definition) is 3. The maximum atomic E-state index is 5.51. The lowest BCUT2D eigenvalue weighted by Crippen LogP contribution is -2.52. The zero-order valence-electron chi connectivity index (χ0n) is 18.2. The van der Waals surface area contributed by atoms with E-state index in [1.807, 2.05) is 24.4 Å². The van der Waals surface area contributed by atoms with Gasteiger partial charge in [-0.25, -0.2) is 9.98 Å². The van der Waals surface area contributed by atoms with Crippen LogP contribution in [0.4, 0.5) is 0 Å². The van der Waals surface area contributed by atoms with Gasteiger partial charge < -0.3 is 20.4 Å². The summed E-state index contributed by atoms with van der Waals surface area (Å²) in [7, 11) is 0. The van der Waals surface area contributed by atoms with Gasteiger partial charge in [-0.2, -0.15) is 0 Å². The third-order valence-electron chi connectivity index (χ3n) is 5.21. The van der Waals surface area contributed by atoms with Crippen LogP contribution >= 0.6 is 24.0 Å². The van der Waals surface area contributed by atoms with Crippen LogP contribution in [0.25, 0.3) is 11.3 Å². The monoisotopic (exact) mass is 526 g/mol. The largest absolute Gasteiger partial charge is 0.379 e. The Labute approximate surface area is 197 Å². The minimum Gasteiger partial charge on any atom is -0.379 e. The van der Waals surface area contributed by atoms with Crippen LogP contribution in [0.5, 0.6) is 0 Å². The van der Waals surface area contributed by atoms with Crippen molar-refractivity contribution in [3.63, 3.8) is 0 Å². The first-order chi connectivity index (χ1) is 14.2. The maximum Gasteiger partial charge on any atom is 0.191 e. The van der Waals surface area contributed by atoms with Gasteiger partial charge >= 0.3 is 0 Å². The first-order valence-corrected chi connectivity index (χ1v) is 10.6. The molecule has 1 unspecified atom stereocenters. The van der Waals surface area contributed by atoms with Crippen molar-refractivity contribution >= 4 is 29.9 Å². The Bertz CT molecular complexity index is 758. The van der Waals surface area contributed by atoms with E-state index in [1.54, 1.807) is 0 Å². The van der Waals surface area contributed by atoms with Crippen molar-refractivity contribution in [1.29, 1.82) is 0 Å². The van der Waals surface area contributed by atoms with Crippen LogP contribution in [0.15, 0.2) is 41.5 Å². The number of imidazole rings is 1. The van der Waals surface area contributed by atoms with Crippen LogP contribution < -0.4 is 10.6 Å². The van der Waals surface area contributed by atoms with Crippen molar-refractivity contribution in [3.05, 3.63) is 42.4 Å². The minimum atomic E-state index is 0. The Morgan fingerprint density at radius 3 is 2.60 bits per heavy atom. The Balaban J connectivity index is 0.00000320. The molecule has 1 fully saturated rings. The molecule has 1 aromatic carbocycles. The van der Waals surface area contributed by atoms with Crippen LogP contribution in [0, 0.1) is 5.92 Å². The van der Waals surface area contributed by atoms with Crippen molar-refractivity contribution < 1.29 is 4.74 Å². The molecule has 7 nitrogen and oxygen atoms in total. The quantitative estimate of drug-likeness (QED) is 0.280. The highest BCUT2D eigenvalue weighted by Crippen LogP contribution is 2.16. The number of morpholine rings is 1. The molecule has 1 aliphatic rings. The van der Waals surface area contributed by atoms with Crippen LogP contribution in [0.3, 0.4) is 0 Å². The molecule has 30 heavy (non-hydrogen) atoms. The molecule has 0 radical (unpaired) electrons. The fourth-order valence-corrected chi connectivity index (χ4v) is 3.60. The molecule has 1 aromatic heterocycles. The predicted molar refractivity (Wildman–Crippen MR) is 133 cm³/mol. The number of guanidine groups is 1. The van der Waals surface area contributed by atoms with Crippen molar-refractivity contribution in [2.24, 2.45) is 10.9 Å². The number of benzene rings is 1. The lowest BCUT2D eigenvalue weighted by atomic mass is 10.0. The second kappa shape index (κ2) is 12.9. The van der Waals surface area contributed by atoms with E-state index >= 15 is 0 Å². The summed E-state index contributed by atoms with van der Waals surface area (Å²) in [6, 6.07) is 10.7. The van der Waals surface area contributed by atoms with Gasteiger partial charge in [-0.15, -0.1) is 24.0 Å². The molecule has 3 N–H and O–H groups in total. The van der Waals surface area contributed by atoms with Crippen LogP contribution in [0.1, 0.15) is 26.6 Å². The van der Waals surface area contributed by atoms with Gasteiger partial charge in [0.05, 0.1) is 25.1 Å². The average molecular weight is 526 g/mol. The Morgan fingerprint density at radius 2 is 1.93 bits per heavy atom. The van der Waals surface area contributed by atoms with Crippen molar-refractivity contribution in [3.8, 4) is 11.3 Å². The number of halogens is 1. The van der Waals surface area contributed by atoms with Gasteiger partial charge in [0.2, 0.25) is 0 Å². The summed E-state index contributed by atoms with van der Waals surface area (Å²) in [6.45, 7) is 12.4. The van der Waals surface area contributed by atoms with Crippen molar-refractivity contribution in [1.82, 2.24) is 25.5 Å². The molecule has 8 heteroatoms. The molecule has 0 bridgehead atoms. The van der Waals surface area contributed by atoms with E-state index in [1.165, 1.54) is 0 Å². The summed E-state index contributed by atoms with van der Waals surface area (Å²) >= 11 is 0. The first kappa shape index (κ1) is 24.6. The number of nitrogens with one attached hydrogen (secondary N) is 3. The number of aromatic amines is 1. The van der Waals surface area contributed by atoms with E-state index in [-0.39, 0.29) is 24.0 Å². The van der Waals surface area contributed by atoms with Gasteiger partial charge in [0.15, 0.2) is 5.96 Å². The highest BCUT2D eigenvalue weighted by Gasteiger charge is 2.23. The summed E-state index contributed by atoms with van der Waals surface area (Å²) < 4.78 is 5.51. The molecule has 0 amide bonds. The number of rotatable bonds is 8. The van der Waals surface area contributed by atoms with Gasteiger partial charge in [0, 0.05) is 32.2 Å². The molecule has 0 spiro atoms. The molecule has 1 saturated heterocycles. The molecule has 2 heterocycles. The summed E-state index contributed by atoms with van der Waals surface area (Å²) in [4.78, 5) is 15.1. The van der Waals surface area contributed by atoms with Crippen molar-refractivity contribution in [2.45, 2.75) is 33.4 Å². The molecular formula is C22H35IN6O. The van der Waals surface area contributed by atoms with E-state index in [4.69, 9.17) is 9.73 Å². The number of H-pyrrole nitrogens is 1. The van der Waals surface area contributed by atoms with Crippen LogP contribution in [-0.4, -0.2) is 66.3 Å². The third-order valence-corrected chi connectivity index (χ3v) is 5.21. The fraction of sp³-hybridized carbons (Fsp3) is 0.545. The van der Waals surface area contributed by atoms with Gasteiger partial charge in [0.25, 0.3) is 0 Å². The van der Waals surface area contributed by atoms with Gasteiger partial charge in [-0.1, -0.05) is 44.2 Å². The lowest BCUT2D eigenvalue weighted by molar-refractivity contribution is 0.00752. The molecule has 166 valence electrons. The predicted octanol–water partition coefficient (Wildman–Crippen LogP) is 3.11. The molecule has 2 aromatic rings. The normalized spacial score (nSPS) is 16.2. The van der Waals surface area contributed by atoms with Crippen molar-refractivity contribution in [2.75, 3.05) is 39.4 Å². The smallest absolute Gasteiger partial charge is 0.191 e. The van der Waals surface area contributed by atoms with E-state index in [0.29, 0.717) is 18.5 Å². The number of ether oxygens (including phenoxy) is 1. The van der Waals surface area contributed by atoms with E-state index in [2.05, 4.69) is 58.4 Å². The standard InChI is InChI=1S/C22H34N6O.HI/c1-4-23-22(25-15-20(17(2)3)28-10-12-29-13-11-28)26-16-21-24-14-19(27-21)18-8-6-5-7-9-18;/h5-9,14,17,20H,4,10-13,15-16H2,1-3H3,(H,24,27)(H2,23,25,26);1H. The summed E-state index contributed by atoms with van der Waals surface area (Å²) in [6.07, 6.45) is 1.87. The second-order valence-corrected chi connectivity index (χ2v) is 7.65. The Hall–Kier alpha value is -1.65. The molecule has 0 saturated carbocycles. The SMILES string of the molecule is CCNC(=NCc1ncc(-c2ccccc2)[nH]1)NCC(C(C)C)N1CCOCC1.I. The van der Waals surface area contributed by atoms with Crippen LogP contribution in [-0.2, 0) is 11.3 Å². The molecule has 1 atom stereocenters. The molecule has 3 rings (SSSR count). The zero-order chi connectivity index (χ0) is 20.5. The molecule has 1 aliphatic heterocycles. The summed E-state index contributed by atoms with van der Waals surface area (Å²) in [5, 5.41) is 6.87. The van der Waals surface area contributed by atoms with Gasteiger partial charge in [-0.05, 0) is 18.4 Å². The zero-order valence-corrected chi connectivity index (χ0v) is 20.6. The lowest BCUT2D eigenvalue weighted by Gasteiger charge is -2.37. The third kappa shape index (κ3) is 7.24. The number of aliphatic imine (C=N–C) groups is 1. The summed E-state index contributed by atoms with van der Waals surface area (Å²) in [5.74, 6) is 2.24. The van der Waals surface area contributed by atoms with Crippen LogP contribution in [0.2, 0.25) is 0 Å². The van der Waals surface area contributed by atoms with E-state index in [9.17, 15) is 0 Å². The Morgan fingerprint density at radius 1 is 1.20 bits per heavy atom. The highest BCUT2D eigenvalue weighted by atomic mass is 127. The molecular weight excluding hydrogens is 491 g/mol. The summed E-state index contributed by atoms with van der Waals surface area (Å²) in [5.41, 5.74) is 2.14. The average Bonchev–Trinajstić information content (AvgIpc) is 3.22. The first-order valence-electron chi connectivity index (χ1n) is 10.6. The van der Waals surface area contributed by atoms with Gasteiger partial charge in [-0.3, -0.25) is 4.90 Å². The van der Waals surface area contributed by atoms with Gasteiger partial charge in [0.1, 0.15) is 12.4 Å². The maximum absolute atomic E-state index is 5.51. The van der Waals surface area contributed by atoms with E-state index < -0.39 is 0 Å².